The molecule has 3 rings (SSSR count). The largest absolute Gasteiger partial charge is 0.763 e. The number of nitrogens with zero attached hydrogens (tertiary/aromatic N) is 2. The van der Waals surface area contributed by atoms with E-state index in [0.717, 1.165) is 0 Å². The number of aromatic nitrogens is 1. The lowest BCUT2D eigenvalue weighted by atomic mass is 9.81. The third kappa shape index (κ3) is 3.20. The standard InChI is InChI=1S/C19H17N3O3/c1-2-25-14-8-6-13(7-9-14)16-15(12-20)18(23)21-19(24)17(16)22-10-4-3-5-11-22/h3-11,16-17H,2H2,1H3,(H,21,23,24)/t16-,17+/m1/s1. The summed E-state index contributed by atoms with van der Waals surface area (Å²) in [4.78, 5) is 24.7. The van der Waals surface area contributed by atoms with Crippen molar-refractivity contribution in [1.29, 1.82) is 0 Å². The maximum atomic E-state index is 12.5. The molecule has 6 nitrogen and oxygen atoms in total. The van der Waals surface area contributed by atoms with Crippen LogP contribution < -0.4 is 14.6 Å². The Kier molecular flexibility index (Phi) is 4.73. The SMILES string of the molecule is CCOc1ccc([C@@H]2C(=C=[N-])C(=O)NC(=O)[C@H]2[n+]2ccccc2)cc1. The van der Waals surface area contributed by atoms with Crippen LogP contribution in [0.5, 0.6) is 5.75 Å². The number of carbonyl (C=O) groups excluding carboxylic acids is 2. The third-order valence-electron chi connectivity index (χ3n) is 4.11. The highest BCUT2D eigenvalue weighted by Gasteiger charge is 2.46. The van der Waals surface area contributed by atoms with Crippen molar-refractivity contribution >= 4 is 17.7 Å². The van der Waals surface area contributed by atoms with Crippen molar-refractivity contribution in [3.63, 3.8) is 0 Å². The Morgan fingerprint density at radius 1 is 1.16 bits per heavy atom. The van der Waals surface area contributed by atoms with Crippen molar-refractivity contribution in [2.75, 3.05) is 6.61 Å². The normalized spacial score (nSPS) is 20.0. The molecule has 0 spiro atoms. The number of hydrogen-bond acceptors (Lipinski definition) is 3. The highest BCUT2D eigenvalue weighted by molar-refractivity contribution is 6.14. The van der Waals surface area contributed by atoms with Crippen LogP contribution in [0.25, 0.3) is 5.41 Å². The molecule has 1 aliphatic rings. The zero-order chi connectivity index (χ0) is 17.8. The lowest BCUT2D eigenvalue weighted by Crippen LogP contribution is -2.57. The van der Waals surface area contributed by atoms with Crippen molar-refractivity contribution in [1.82, 2.24) is 5.32 Å². The second kappa shape index (κ2) is 7.11. The quantitative estimate of drug-likeness (QED) is 0.398. The predicted molar refractivity (Wildman–Crippen MR) is 91.1 cm³/mol. The predicted octanol–water partition coefficient (Wildman–Crippen LogP) is 1.52. The fraction of sp³-hybridized carbons (Fsp3) is 0.211. The minimum atomic E-state index is -0.716. The van der Waals surface area contributed by atoms with E-state index in [2.05, 4.69) is 5.32 Å². The zero-order valence-corrected chi connectivity index (χ0v) is 13.7. The summed E-state index contributed by atoms with van der Waals surface area (Å²) in [5.74, 6) is 0.936. The molecule has 6 heteroatoms. The summed E-state index contributed by atoms with van der Waals surface area (Å²) in [6.45, 7) is 2.43. The van der Waals surface area contributed by atoms with Gasteiger partial charge in [0.15, 0.2) is 12.4 Å². The molecule has 0 radical (unpaired) electrons. The van der Waals surface area contributed by atoms with Crippen molar-refractivity contribution in [3.8, 4) is 5.75 Å². The minimum absolute atomic E-state index is 0.0186. The summed E-state index contributed by atoms with van der Waals surface area (Å²) in [5, 5.41) is 11.8. The van der Waals surface area contributed by atoms with Crippen LogP contribution in [0.1, 0.15) is 24.4 Å². The van der Waals surface area contributed by atoms with Crippen molar-refractivity contribution in [2.45, 2.75) is 18.9 Å². The lowest BCUT2D eigenvalue weighted by molar-refractivity contribution is -0.711. The van der Waals surface area contributed by atoms with E-state index in [4.69, 9.17) is 4.74 Å². The number of rotatable bonds is 4. The van der Waals surface area contributed by atoms with Gasteiger partial charge in [0, 0.05) is 12.1 Å². The van der Waals surface area contributed by atoms with Gasteiger partial charge in [0.1, 0.15) is 5.75 Å². The number of ether oxygens (including phenoxy) is 1. The summed E-state index contributed by atoms with van der Waals surface area (Å²) in [6, 6.07) is 11.8. The fourth-order valence-corrected chi connectivity index (χ4v) is 3.02. The molecule has 2 aromatic rings. The van der Waals surface area contributed by atoms with Crippen LogP contribution in [-0.4, -0.2) is 24.3 Å². The first-order chi connectivity index (χ1) is 12.2. The van der Waals surface area contributed by atoms with E-state index in [0.29, 0.717) is 17.9 Å². The van der Waals surface area contributed by atoms with Gasteiger partial charge < -0.3 is 10.1 Å². The fourth-order valence-electron chi connectivity index (χ4n) is 3.02. The number of piperidine rings is 1. The minimum Gasteiger partial charge on any atom is -0.763 e. The molecule has 1 fully saturated rings. The van der Waals surface area contributed by atoms with Gasteiger partial charge in [-0.25, -0.2) is 0 Å². The van der Waals surface area contributed by atoms with Crippen molar-refractivity contribution < 1.29 is 18.9 Å². The van der Waals surface area contributed by atoms with E-state index < -0.39 is 23.8 Å². The molecule has 1 aromatic carbocycles. The van der Waals surface area contributed by atoms with Crippen molar-refractivity contribution in [3.05, 3.63) is 71.4 Å². The maximum absolute atomic E-state index is 12.5. The van der Waals surface area contributed by atoms with Crippen molar-refractivity contribution in [2.24, 2.45) is 0 Å². The van der Waals surface area contributed by atoms with Gasteiger partial charge in [-0.2, -0.15) is 4.57 Å². The van der Waals surface area contributed by atoms with E-state index >= 15 is 0 Å². The molecule has 0 unspecified atom stereocenters. The van der Waals surface area contributed by atoms with E-state index in [9.17, 15) is 15.0 Å². The van der Waals surface area contributed by atoms with Crippen LogP contribution in [-0.2, 0) is 9.59 Å². The number of carbonyl (C=O) groups is 2. The molecular weight excluding hydrogens is 318 g/mol. The van der Waals surface area contributed by atoms with Gasteiger partial charge in [0.05, 0.1) is 18.1 Å². The van der Waals surface area contributed by atoms with Crippen LogP contribution >= 0.6 is 0 Å². The lowest BCUT2D eigenvalue weighted by Gasteiger charge is -2.28. The van der Waals surface area contributed by atoms with E-state index in [-0.39, 0.29) is 5.57 Å². The first kappa shape index (κ1) is 16.6. The number of pyridine rings is 1. The van der Waals surface area contributed by atoms with Gasteiger partial charge in [0.25, 0.3) is 11.8 Å². The van der Waals surface area contributed by atoms with Gasteiger partial charge in [-0.3, -0.25) is 20.8 Å². The van der Waals surface area contributed by atoms with E-state index in [1.807, 2.05) is 18.9 Å². The highest BCUT2D eigenvalue weighted by atomic mass is 16.5. The van der Waals surface area contributed by atoms with Gasteiger partial charge in [0.2, 0.25) is 6.04 Å². The van der Waals surface area contributed by atoms with Crippen LogP contribution in [0, 0.1) is 0 Å². The Morgan fingerprint density at radius 3 is 2.44 bits per heavy atom. The molecular formula is C19H17N3O3. The first-order valence-electron chi connectivity index (χ1n) is 7.96. The molecule has 2 heterocycles. The van der Waals surface area contributed by atoms with Crippen LogP contribution in [0.4, 0.5) is 0 Å². The molecule has 126 valence electrons. The maximum Gasteiger partial charge on any atom is 0.296 e. The second-order valence-corrected chi connectivity index (χ2v) is 5.59. The molecule has 2 atom stereocenters. The third-order valence-corrected chi connectivity index (χ3v) is 4.11. The number of hydrogen-bond donors (Lipinski definition) is 1. The molecule has 0 bridgehead atoms. The molecule has 0 saturated carbocycles. The number of nitrogens with one attached hydrogen (secondary N) is 1. The summed E-state index contributed by atoms with van der Waals surface area (Å²) in [7, 11) is 0. The Morgan fingerprint density at radius 2 is 1.84 bits per heavy atom. The second-order valence-electron chi connectivity index (χ2n) is 5.59. The monoisotopic (exact) mass is 335 g/mol. The molecule has 1 saturated heterocycles. The Bertz CT molecular complexity index is 840. The smallest absolute Gasteiger partial charge is 0.296 e. The summed E-state index contributed by atoms with van der Waals surface area (Å²) >= 11 is 0. The van der Waals surface area contributed by atoms with Gasteiger partial charge in [-0.1, -0.05) is 18.2 Å². The molecule has 1 aliphatic heterocycles. The van der Waals surface area contributed by atoms with Crippen LogP contribution in [0.2, 0.25) is 0 Å². The summed E-state index contributed by atoms with van der Waals surface area (Å²) < 4.78 is 7.14. The molecule has 1 N–H and O–H groups in total. The Hall–Kier alpha value is -3.24. The van der Waals surface area contributed by atoms with Gasteiger partial charge in [-0.05, 0) is 24.6 Å². The van der Waals surface area contributed by atoms with E-state index in [1.165, 1.54) is 0 Å². The molecule has 25 heavy (non-hydrogen) atoms. The topological polar surface area (TPSA) is 81.6 Å². The molecule has 0 aliphatic carbocycles. The van der Waals surface area contributed by atoms with Crippen LogP contribution in [0.3, 0.4) is 0 Å². The average Bonchev–Trinajstić information content (AvgIpc) is 2.63. The number of benzene rings is 1. The summed E-state index contributed by atoms with van der Waals surface area (Å²) in [5.41, 5.74) is 0.731. The number of imide groups is 1. The number of amides is 2. The van der Waals surface area contributed by atoms with E-state index in [1.54, 1.807) is 53.4 Å². The average molecular weight is 335 g/mol. The van der Waals surface area contributed by atoms with Gasteiger partial charge >= 0.3 is 0 Å². The van der Waals surface area contributed by atoms with Gasteiger partial charge in [-0.15, -0.1) is 0 Å². The van der Waals surface area contributed by atoms with Crippen LogP contribution in [0.15, 0.2) is 60.4 Å². The highest BCUT2D eigenvalue weighted by Crippen LogP contribution is 2.35. The zero-order valence-electron chi connectivity index (χ0n) is 13.7. The Balaban J connectivity index is 2.09. The molecule has 2 amide bonds. The summed E-state index contributed by atoms with van der Waals surface area (Å²) in [6.07, 6.45) is 3.49. The first-order valence-corrected chi connectivity index (χ1v) is 7.96. The Labute approximate surface area is 145 Å². The molecule has 1 aromatic heterocycles.